The maximum Gasteiger partial charge on any atom is 0.328 e. The molecular weight excluding hydrogens is 214 g/mol. The third-order valence-electron chi connectivity index (χ3n) is 2.31. The van der Waals surface area contributed by atoms with Crippen LogP contribution in [-0.2, 0) is 4.79 Å². The number of carbonyl (C=O) groups is 1. The molecule has 0 fully saturated rings. The molecule has 0 amide bonds. The first kappa shape index (κ1) is 13.2. The molecule has 0 aliphatic rings. The number of rotatable bonds is 5. The molecule has 0 aliphatic heterocycles. The molecule has 1 N–H and O–H groups in total. The number of carboxylic acid groups (broad SMARTS) is 1. The monoisotopic (exact) mass is 231 g/mol. The van der Waals surface area contributed by atoms with Crippen molar-refractivity contribution in [3.05, 3.63) is 42.0 Å². The maximum absolute atomic E-state index is 10.9. The lowest BCUT2D eigenvalue weighted by molar-refractivity contribution is -0.139. The summed E-state index contributed by atoms with van der Waals surface area (Å²) in [7, 11) is 0. The minimum atomic E-state index is -0.885. The van der Waals surface area contributed by atoms with Crippen molar-refractivity contribution in [1.29, 1.82) is 0 Å². The van der Waals surface area contributed by atoms with Crippen molar-refractivity contribution >= 4 is 18.3 Å². The Hall–Kier alpha value is -1.90. The second kappa shape index (κ2) is 6.63. The van der Waals surface area contributed by atoms with E-state index in [0.717, 1.165) is 5.56 Å². The Bertz CT molecular complexity index is 407. The summed E-state index contributed by atoms with van der Waals surface area (Å²) < 4.78 is 0. The van der Waals surface area contributed by atoms with Gasteiger partial charge in [0.05, 0.1) is 0 Å². The molecule has 17 heavy (non-hydrogen) atoms. The number of benzene rings is 1. The summed E-state index contributed by atoms with van der Waals surface area (Å²) in [5.41, 5.74) is 1.07. The van der Waals surface area contributed by atoms with Gasteiger partial charge in [0.25, 0.3) is 0 Å². The minimum absolute atomic E-state index is 0.00567. The Balaban J connectivity index is 2.60. The zero-order chi connectivity index (χ0) is 12.7. The molecule has 90 valence electrons. The molecule has 3 heteroatoms. The molecule has 0 saturated carbocycles. The van der Waals surface area contributed by atoms with E-state index in [1.807, 2.05) is 50.3 Å². The number of aliphatic carboxylic acids is 1. The molecule has 1 rings (SSSR count). The molecule has 0 radical (unpaired) electrons. The summed E-state index contributed by atoms with van der Waals surface area (Å²) in [5.74, 6) is -0.891. The van der Waals surface area contributed by atoms with Gasteiger partial charge in [-0.25, -0.2) is 4.79 Å². The van der Waals surface area contributed by atoms with Crippen molar-refractivity contribution < 1.29 is 9.90 Å². The van der Waals surface area contributed by atoms with E-state index in [9.17, 15) is 4.79 Å². The lowest BCUT2D eigenvalue weighted by Gasteiger charge is -2.09. The van der Waals surface area contributed by atoms with Gasteiger partial charge in [-0.05, 0) is 17.6 Å². The Labute approximate surface area is 102 Å². The maximum atomic E-state index is 10.9. The predicted octanol–water partition coefficient (Wildman–Crippen LogP) is 2.88. The first-order chi connectivity index (χ1) is 8.11. The first-order valence-electron chi connectivity index (χ1n) is 5.59. The van der Waals surface area contributed by atoms with Gasteiger partial charge in [0, 0.05) is 6.21 Å². The van der Waals surface area contributed by atoms with Crippen molar-refractivity contribution in [2.45, 2.75) is 19.9 Å². The van der Waals surface area contributed by atoms with Crippen LogP contribution >= 0.6 is 0 Å². The van der Waals surface area contributed by atoms with Gasteiger partial charge in [-0.3, -0.25) is 4.99 Å². The number of hydrogen-bond donors (Lipinski definition) is 1. The number of carboxylic acids is 1. The molecule has 1 aromatic rings. The van der Waals surface area contributed by atoms with Gasteiger partial charge >= 0.3 is 5.97 Å². The van der Waals surface area contributed by atoms with E-state index in [4.69, 9.17) is 5.11 Å². The summed E-state index contributed by atoms with van der Waals surface area (Å²) in [5, 5.41) is 8.92. The lowest BCUT2D eigenvalue weighted by Crippen LogP contribution is -2.23. The molecule has 0 aromatic heterocycles. The Morgan fingerprint density at radius 1 is 1.29 bits per heavy atom. The van der Waals surface area contributed by atoms with E-state index in [1.54, 1.807) is 12.3 Å². The van der Waals surface area contributed by atoms with Crippen molar-refractivity contribution in [2.75, 3.05) is 0 Å². The van der Waals surface area contributed by atoms with Gasteiger partial charge in [0.2, 0.25) is 0 Å². The zero-order valence-corrected chi connectivity index (χ0v) is 10.1. The van der Waals surface area contributed by atoms with Crippen LogP contribution in [0.5, 0.6) is 0 Å². The van der Waals surface area contributed by atoms with Crippen molar-refractivity contribution in [3.63, 3.8) is 0 Å². The van der Waals surface area contributed by atoms with Gasteiger partial charge in [-0.1, -0.05) is 50.3 Å². The topological polar surface area (TPSA) is 49.7 Å². The van der Waals surface area contributed by atoms with E-state index >= 15 is 0 Å². The number of aliphatic imine (C=N–C) groups is 1. The van der Waals surface area contributed by atoms with E-state index in [1.165, 1.54) is 0 Å². The van der Waals surface area contributed by atoms with Gasteiger partial charge in [0.15, 0.2) is 0 Å². The molecule has 0 bridgehead atoms. The average Bonchev–Trinajstić information content (AvgIpc) is 2.29. The van der Waals surface area contributed by atoms with Crippen LogP contribution in [0, 0.1) is 5.92 Å². The fourth-order valence-electron chi connectivity index (χ4n) is 1.38. The second-order valence-electron chi connectivity index (χ2n) is 4.10. The number of nitrogens with zero attached hydrogens (tertiary/aromatic N) is 1. The van der Waals surface area contributed by atoms with Gasteiger partial charge in [0.1, 0.15) is 6.04 Å². The standard InChI is InChI=1S/C14H17NO2/c1-11(2)13(14(16)17)15-10-6-9-12-7-4-3-5-8-12/h3-11,13H,1-2H3,(H,16,17)/b9-6+,15-10?. The largest absolute Gasteiger partial charge is 0.480 e. The van der Waals surface area contributed by atoms with Crippen molar-refractivity contribution in [3.8, 4) is 0 Å². The molecule has 0 aliphatic carbocycles. The highest BCUT2D eigenvalue weighted by Gasteiger charge is 2.18. The van der Waals surface area contributed by atoms with Crippen molar-refractivity contribution in [1.82, 2.24) is 0 Å². The van der Waals surface area contributed by atoms with Gasteiger partial charge in [-0.15, -0.1) is 0 Å². The smallest absolute Gasteiger partial charge is 0.328 e. The quantitative estimate of drug-likeness (QED) is 0.792. The minimum Gasteiger partial charge on any atom is -0.480 e. The summed E-state index contributed by atoms with van der Waals surface area (Å²) in [6.07, 6.45) is 5.20. The fraction of sp³-hybridized carbons (Fsp3) is 0.286. The molecule has 1 unspecified atom stereocenters. The fourth-order valence-corrected chi connectivity index (χ4v) is 1.38. The first-order valence-corrected chi connectivity index (χ1v) is 5.59. The predicted molar refractivity (Wildman–Crippen MR) is 70.2 cm³/mol. The molecular formula is C14H17NO2. The highest BCUT2D eigenvalue weighted by Crippen LogP contribution is 2.06. The SMILES string of the molecule is CC(C)C(N=C/C=C/c1ccccc1)C(=O)O. The van der Waals surface area contributed by atoms with E-state index in [0.29, 0.717) is 0 Å². The molecule has 1 aromatic carbocycles. The highest BCUT2D eigenvalue weighted by atomic mass is 16.4. The van der Waals surface area contributed by atoms with Gasteiger partial charge < -0.3 is 5.11 Å². The van der Waals surface area contributed by atoms with Crippen LogP contribution in [0.1, 0.15) is 19.4 Å². The van der Waals surface area contributed by atoms with Gasteiger partial charge in [-0.2, -0.15) is 0 Å². The third kappa shape index (κ3) is 4.64. The Morgan fingerprint density at radius 3 is 2.47 bits per heavy atom. The zero-order valence-electron chi connectivity index (χ0n) is 10.1. The normalized spacial score (nSPS) is 13.6. The van der Waals surface area contributed by atoms with Crippen LogP contribution < -0.4 is 0 Å². The van der Waals surface area contributed by atoms with Crippen LogP contribution in [-0.4, -0.2) is 23.3 Å². The number of hydrogen-bond acceptors (Lipinski definition) is 2. The van der Waals surface area contributed by atoms with Crippen molar-refractivity contribution in [2.24, 2.45) is 10.9 Å². The summed E-state index contributed by atoms with van der Waals surface area (Å²) in [6.45, 7) is 3.69. The average molecular weight is 231 g/mol. The molecule has 0 heterocycles. The van der Waals surface area contributed by atoms with Crippen LogP contribution in [0.2, 0.25) is 0 Å². The van der Waals surface area contributed by atoms with E-state index in [-0.39, 0.29) is 5.92 Å². The number of allylic oxidation sites excluding steroid dienone is 1. The molecule has 0 spiro atoms. The highest BCUT2D eigenvalue weighted by molar-refractivity contribution is 5.82. The van der Waals surface area contributed by atoms with Crippen LogP contribution in [0.3, 0.4) is 0 Å². The van der Waals surface area contributed by atoms with Crippen LogP contribution in [0.4, 0.5) is 0 Å². The molecule has 3 nitrogen and oxygen atoms in total. The summed E-state index contributed by atoms with van der Waals surface area (Å²) in [6, 6.07) is 9.12. The third-order valence-corrected chi connectivity index (χ3v) is 2.31. The van der Waals surface area contributed by atoms with E-state index < -0.39 is 12.0 Å². The second-order valence-corrected chi connectivity index (χ2v) is 4.10. The van der Waals surface area contributed by atoms with E-state index in [2.05, 4.69) is 4.99 Å². The Morgan fingerprint density at radius 2 is 1.94 bits per heavy atom. The Kier molecular flexibility index (Phi) is 5.14. The summed E-state index contributed by atoms with van der Waals surface area (Å²) >= 11 is 0. The van der Waals surface area contributed by atoms with Crippen LogP contribution in [0.25, 0.3) is 6.08 Å². The molecule has 1 atom stereocenters. The van der Waals surface area contributed by atoms with Crippen LogP contribution in [0.15, 0.2) is 41.4 Å². The summed E-state index contributed by atoms with van der Waals surface area (Å²) in [4.78, 5) is 14.9. The lowest BCUT2D eigenvalue weighted by atomic mass is 10.1. The molecule has 0 saturated heterocycles.